The highest BCUT2D eigenvalue weighted by Crippen LogP contribution is 2.23. The first-order chi connectivity index (χ1) is 18.3. The standard InChI is InChI=1S/C31H44N4O4/c1-30(2,3)24-18-14-22(15-19-24)28(38)34-32-26(36)12-10-8-7-9-11-13-27(37)33-35-29(39)23-16-20-25(21-17-23)31(4,5)6/h14-21H,7-13H2,1-6H3,(H,32,36)(H,33,37)(H,34,38)(H,35,39). The first kappa shape index (κ1) is 31.5. The molecule has 0 atom stereocenters. The lowest BCUT2D eigenvalue weighted by molar-refractivity contribution is -0.122. The van der Waals surface area contributed by atoms with Crippen LogP contribution in [0.15, 0.2) is 48.5 Å². The molecule has 0 saturated carbocycles. The third-order valence-electron chi connectivity index (χ3n) is 6.46. The highest BCUT2D eigenvalue weighted by Gasteiger charge is 2.16. The number of hydrogen-bond acceptors (Lipinski definition) is 4. The fraction of sp³-hybridized carbons (Fsp3) is 0.484. The topological polar surface area (TPSA) is 116 Å². The lowest BCUT2D eigenvalue weighted by Gasteiger charge is -2.19. The second-order valence-corrected chi connectivity index (χ2v) is 11.9. The fourth-order valence-electron chi connectivity index (χ4n) is 3.87. The maximum Gasteiger partial charge on any atom is 0.269 e. The van der Waals surface area contributed by atoms with Gasteiger partial charge in [0.1, 0.15) is 0 Å². The molecule has 0 aliphatic carbocycles. The molecule has 8 nitrogen and oxygen atoms in total. The van der Waals surface area contributed by atoms with Gasteiger partial charge in [-0.25, -0.2) is 0 Å². The van der Waals surface area contributed by atoms with Crippen LogP contribution >= 0.6 is 0 Å². The maximum absolute atomic E-state index is 12.2. The van der Waals surface area contributed by atoms with E-state index < -0.39 is 0 Å². The number of rotatable bonds is 10. The van der Waals surface area contributed by atoms with Crippen LogP contribution in [0.3, 0.4) is 0 Å². The highest BCUT2D eigenvalue weighted by atomic mass is 16.2. The maximum atomic E-state index is 12.2. The Morgan fingerprint density at radius 1 is 0.487 bits per heavy atom. The summed E-state index contributed by atoms with van der Waals surface area (Å²) in [7, 11) is 0. The quantitative estimate of drug-likeness (QED) is 0.246. The number of nitrogens with one attached hydrogen (secondary N) is 4. The molecule has 0 saturated heterocycles. The lowest BCUT2D eigenvalue weighted by Crippen LogP contribution is -2.41. The number of hydrazine groups is 2. The Morgan fingerprint density at radius 2 is 0.795 bits per heavy atom. The van der Waals surface area contributed by atoms with Gasteiger partial charge >= 0.3 is 0 Å². The van der Waals surface area contributed by atoms with Crippen LogP contribution in [0.5, 0.6) is 0 Å². The minimum absolute atomic E-state index is 0.00698. The summed E-state index contributed by atoms with van der Waals surface area (Å²) < 4.78 is 0. The molecule has 2 aromatic carbocycles. The van der Waals surface area contributed by atoms with Gasteiger partial charge in [0.05, 0.1) is 0 Å². The highest BCUT2D eigenvalue weighted by molar-refractivity contribution is 5.96. The van der Waals surface area contributed by atoms with Crippen LogP contribution in [0.4, 0.5) is 0 Å². The Morgan fingerprint density at radius 3 is 1.10 bits per heavy atom. The Bertz CT molecular complexity index is 1020. The minimum atomic E-state index is -0.350. The molecule has 8 heteroatoms. The Hall–Kier alpha value is -3.68. The van der Waals surface area contributed by atoms with Crippen molar-refractivity contribution in [2.75, 3.05) is 0 Å². The van der Waals surface area contributed by atoms with Crippen molar-refractivity contribution in [1.29, 1.82) is 0 Å². The van der Waals surface area contributed by atoms with Crippen molar-refractivity contribution >= 4 is 23.6 Å². The minimum Gasteiger partial charge on any atom is -0.273 e. The van der Waals surface area contributed by atoms with Gasteiger partial charge < -0.3 is 0 Å². The third kappa shape index (κ3) is 11.3. The molecule has 0 aromatic heterocycles. The van der Waals surface area contributed by atoms with Gasteiger partial charge in [-0.05, 0) is 59.1 Å². The normalized spacial score (nSPS) is 11.4. The summed E-state index contributed by atoms with van der Waals surface area (Å²) in [5.41, 5.74) is 13.1. The molecule has 0 spiro atoms. The van der Waals surface area contributed by atoms with Crippen LogP contribution in [0.25, 0.3) is 0 Å². The molecule has 0 aliphatic rings. The van der Waals surface area contributed by atoms with E-state index in [0.29, 0.717) is 36.8 Å². The molecule has 39 heavy (non-hydrogen) atoms. The number of amides is 4. The van der Waals surface area contributed by atoms with Crippen molar-refractivity contribution in [1.82, 2.24) is 21.7 Å². The van der Waals surface area contributed by atoms with E-state index in [-0.39, 0.29) is 34.5 Å². The van der Waals surface area contributed by atoms with Crippen LogP contribution < -0.4 is 21.7 Å². The lowest BCUT2D eigenvalue weighted by atomic mass is 9.87. The van der Waals surface area contributed by atoms with Gasteiger partial charge in [-0.15, -0.1) is 0 Å². The van der Waals surface area contributed by atoms with E-state index in [1.165, 1.54) is 0 Å². The van der Waals surface area contributed by atoms with E-state index >= 15 is 0 Å². The Kier molecular flexibility index (Phi) is 11.7. The van der Waals surface area contributed by atoms with Crippen molar-refractivity contribution in [2.45, 2.75) is 97.3 Å². The van der Waals surface area contributed by atoms with Gasteiger partial charge in [0.2, 0.25) is 11.8 Å². The molecular formula is C31H44N4O4. The van der Waals surface area contributed by atoms with E-state index in [1.807, 2.05) is 24.3 Å². The van der Waals surface area contributed by atoms with E-state index in [4.69, 9.17) is 0 Å². The monoisotopic (exact) mass is 536 g/mol. The van der Waals surface area contributed by atoms with Crippen molar-refractivity contribution in [3.63, 3.8) is 0 Å². The zero-order chi connectivity index (χ0) is 29.1. The summed E-state index contributed by atoms with van der Waals surface area (Å²) >= 11 is 0. The second kappa shape index (κ2) is 14.5. The van der Waals surface area contributed by atoms with Gasteiger partial charge in [0, 0.05) is 24.0 Å². The summed E-state index contributed by atoms with van der Waals surface area (Å²) in [6.45, 7) is 12.6. The van der Waals surface area contributed by atoms with Crippen LogP contribution in [-0.2, 0) is 20.4 Å². The van der Waals surface area contributed by atoms with E-state index in [1.54, 1.807) is 24.3 Å². The smallest absolute Gasteiger partial charge is 0.269 e. The van der Waals surface area contributed by atoms with Crippen molar-refractivity contribution in [3.8, 4) is 0 Å². The van der Waals surface area contributed by atoms with Gasteiger partial charge in [0.25, 0.3) is 11.8 Å². The zero-order valence-corrected chi connectivity index (χ0v) is 24.2. The molecule has 0 fully saturated rings. The van der Waals surface area contributed by atoms with Crippen molar-refractivity contribution in [3.05, 3.63) is 70.8 Å². The SMILES string of the molecule is CC(C)(C)c1ccc(C(=O)NNC(=O)CCCCCCCC(=O)NNC(=O)c2ccc(C(C)(C)C)cc2)cc1. The van der Waals surface area contributed by atoms with Crippen molar-refractivity contribution < 1.29 is 19.2 Å². The Labute approximate surface area is 232 Å². The van der Waals surface area contributed by atoms with Gasteiger partial charge in [-0.2, -0.15) is 0 Å². The van der Waals surface area contributed by atoms with E-state index in [2.05, 4.69) is 63.2 Å². The molecule has 0 aliphatic heterocycles. The fourth-order valence-corrected chi connectivity index (χ4v) is 3.87. The number of unbranched alkanes of at least 4 members (excludes halogenated alkanes) is 4. The molecule has 0 heterocycles. The molecule has 0 bridgehead atoms. The van der Waals surface area contributed by atoms with Crippen molar-refractivity contribution in [2.24, 2.45) is 0 Å². The molecule has 0 unspecified atom stereocenters. The summed E-state index contributed by atoms with van der Waals surface area (Å²) in [6, 6.07) is 14.7. The number of carbonyl (C=O) groups is 4. The van der Waals surface area contributed by atoms with Crippen LogP contribution in [0, 0.1) is 0 Å². The van der Waals surface area contributed by atoms with Crippen LogP contribution in [-0.4, -0.2) is 23.6 Å². The van der Waals surface area contributed by atoms with E-state index in [9.17, 15) is 19.2 Å². The molecule has 4 amide bonds. The Balaban J connectivity index is 1.53. The number of hydrogen-bond donors (Lipinski definition) is 4. The number of carbonyl (C=O) groups excluding carboxylic acids is 4. The molecule has 212 valence electrons. The van der Waals surface area contributed by atoms with Gasteiger partial charge in [0.15, 0.2) is 0 Å². The van der Waals surface area contributed by atoms with Crippen LogP contribution in [0.1, 0.15) is 118 Å². The van der Waals surface area contributed by atoms with Gasteiger partial charge in [-0.1, -0.05) is 85.1 Å². The first-order valence-electron chi connectivity index (χ1n) is 13.7. The van der Waals surface area contributed by atoms with E-state index in [0.717, 1.165) is 30.4 Å². The predicted molar refractivity (Wildman–Crippen MR) is 154 cm³/mol. The predicted octanol–water partition coefficient (Wildman–Crippen LogP) is 5.23. The average molecular weight is 537 g/mol. The van der Waals surface area contributed by atoms with Crippen LogP contribution in [0.2, 0.25) is 0 Å². The second-order valence-electron chi connectivity index (χ2n) is 11.9. The molecular weight excluding hydrogens is 492 g/mol. The summed E-state index contributed by atoms with van der Waals surface area (Å²) in [5, 5.41) is 0. The largest absolute Gasteiger partial charge is 0.273 e. The molecule has 4 N–H and O–H groups in total. The van der Waals surface area contributed by atoms with Gasteiger partial charge in [-0.3, -0.25) is 40.9 Å². The molecule has 0 radical (unpaired) electrons. The first-order valence-corrected chi connectivity index (χ1v) is 13.7. The summed E-state index contributed by atoms with van der Waals surface area (Å²) in [6.07, 6.45) is 4.59. The molecule has 2 aromatic rings. The zero-order valence-electron chi connectivity index (χ0n) is 24.2. The number of benzene rings is 2. The molecule has 2 rings (SSSR count). The summed E-state index contributed by atoms with van der Waals surface area (Å²) in [4.78, 5) is 48.5. The average Bonchev–Trinajstić information content (AvgIpc) is 2.89. The third-order valence-corrected chi connectivity index (χ3v) is 6.46. The summed E-state index contributed by atoms with van der Waals surface area (Å²) in [5.74, 6) is -1.18.